The summed E-state index contributed by atoms with van der Waals surface area (Å²) >= 11 is 0. The van der Waals surface area contributed by atoms with Crippen molar-refractivity contribution in [2.24, 2.45) is 5.92 Å². The van der Waals surface area contributed by atoms with Crippen LogP contribution >= 0.6 is 0 Å². The fourth-order valence-corrected chi connectivity index (χ4v) is 10.0. The summed E-state index contributed by atoms with van der Waals surface area (Å²) in [5, 5.41) is 9.88. The fraction of sp³-hybridized carbons (Fsp3) is 0.0690. The van der Waals surface area contributed by atoms with Gasteiger partial charge in [0.2, 0.25) is 0 Å². The van der Waals surface area contributed by atoms with Gasteiger partial charge in [-0.25, -0.2) is 0 Å². The molecule has 284 valence electrons. The molecule has 2 atom stereocenters. The van der Waals surface area contributed by atoms with Crippen molar-refractivity contribution in [3.8, 4) is 0 Å². The van der Waals surface area contributed by atoms with Gasteiger partial charge in [-0.3, -0.25) is 0 Å². The smallest absolute Gasteiger partial charge is 0.0543 e. The largest absolute Gasteiger partial charge is 0.314 e. The maximum absolute atomic E-state index is 2.54. The van der Waals surface area contributed by atoms with E-state index in [0.29, 0.717) is 0 Å². The minimum Gasteiger partial charge on any atom is -0.314 e. The van der Waals surface area contributed by atoms with Crippen molar-refractivity contribution in [3.05, 3.63) is 234 Å². The zero-order chi connectivity index (χ0) is 39.6. The number of rotatable bonds is 6. The van der Waals surface area contributed by atoms with Crippen LogP contribution in [0.1, 0.15) is 34.6 Å². The van der Waals surface area contributed by atoms with Crippen LogP contribution < -0.4 is 9.80 Å². The third-order valence-electron chi connectivity index (χ3n) is 13.0. The second-order valence-corrected chi connectivity index (χ2v) is 16.4. The van der Waals surface area contributed by atoms with Crippen molar-refractivity contribution in [1.29, 1.82) is 0 Å². The molecular formula is C58H42N2. The Balaban J connectivity index is 1.11. The molecule has 60 heavy (non-hydrogen) atoms. The van der Waals surface area contributed by atoms with E-state index in [0.717, 1.165) is 24.2 Å². The van der Waals surface area contributed by atoms with E-state index in [1.807, 2.05) is 0 Å². The highest BCUT2D eigenvalue weighted by molar-refractivity contribution is 6.06. The fourth-order valence-electron chi connectivity index (χ4n) is 10.0. The lowest BCUT2D eigenvalue weighted by molar-refractivity contribution is 0.644. The molecule has 9 aromatic rings. The molecule has 9 aromatic carbocycles. The molecule has 3 aliphatic carbocycles. The van der Waals surface area contributed by atoms with E-state index in [-0.39, 0.29) is 11.8 Å². The average molecular weight is 767 g/mol. The quantitative estimate of drug-likeness (QED) is 0.166. The Hall–Kier alpha value is -7.42. The molecule has 0 aromatic heterocycles. The van der Waals surface area contributed by atoms with Gasteiger partial charge in [-0.05, 0) is 133 Å². The Labute approximate surface area is 351 Å². The molecule has 0 aliphatic heterocycles. The van der Waals surface area contributed by atoms with Gasteiger partial charge in [0.25, 0.3) is 0 Å². The van der Waals surface area contributed by atoms with Crippen molar-refractivity contribution < 1.29 is 0 Å². The lowest BCUT2D eigenvalue weighted by Crippen LogP contribution is -2.29. The van der Waals surface area contributed by atoms with Crippen LogP contribution in [0.5, 0.6) is 0 Å². The van der Waals surface area contributed by atoms with Crippen LogP contribution in [0, 0.1) is 5.92 Å². The third kappa shape index (κ3) is 5.79. The Morgan fingerprint density at radius 3 is 1.58 bits per heavy atom. The number of nitrogens with zero attached hydrogens (tertiary/aromatic N) is 2. The van der Waals surface area contributed by atoms with Gasteiger partial charge in [0.1, 0.15) is 0 Å². The summed E-state index contributed by atoms with van der Waals surface area (Å²) in [6, 6.07) is 65.4. The van der Waals surface area contributed by atoms with Crippen LogP contribution in [0.3, 0.4) is 0 Å². The lowest BCUT2D eigenvalue weighted by atomic mass is 9.73. The summed E-state index contributed by atoms with van der Waals surface area (Å²) in [4.78, 5) is 5.03. The maximum atomic E-state index is 2.54. The van der Waals surface area contributed by atoms with E-state index in [9.17, 15) is 0 Å². The van der Waals surface area contributed by atoms with Gasteiger partial charge in [0, 0.05) is 45.7 Å². The molecule has 0 saturated heterocycles. The van der Waals surface area contributed by atoms with Crippen molar-refractivity contribution in [3.63, 3.8) is 0 Å². The van der Waals surface area contributed by atoms with Gasteiger partial charge in [-0.1, -0.05) is 158 Å². The first-order valence-corrected chi connectivity index (χ1v) is 21.2. The molecule has 0 fully saturated rings. The zero-order valence-corrected chi connectivity index (χ0v) is 33.2. The van der Waals surface area contributed by atoms with Crippen LogP contribution in [0.4, 0.5) is 28.4 Å². The predicted molar refractivity (Wildman–Crippen MR) is 256 cm³/mol. The third-order valence-corrected chi connectivity index (χ3v) is 13.0. The molecule has 0 radical (unpaired) electrons. The molecule has 0 heterocycles. The van der Waals surface area contributed by atoms with E-state index in [2.05, 4.69) is 228 Å². The molecule has 2 nitrogen and oxygen atoms in total. The number of hydrogen-bond donors (Lipinski definition) is 0. The normalized spacial score (nSPS) is 16.4. The summed E-state index contributed by atoms with van der Waals surface area (Å²) in [5.41, 5.74) is 12.5. The van der Waals surface area contributed by atoms with Crippen LogP contribution in [0.2, 0.25) is 0 Å². The van der Waals surface area contributed by atoms with Crippen molar-refractivity contribution in [2.75, 3.05) is 9.80 Å². The van der Waals surface area contributed by atoms with E-state index < -0.39 is 0 Å². The molecule has 3 aliphatic rings. The zero-order valence-electron chi connectivity index (χ0n) is 33.2. The average Bonchev–Trinajstić information content (AvgIpc) is 3.31. The number of hydrogen-bond acceptors (Lipinski definition) is 2. The van der Waals surface area contributed by atoms with Crippen LogP contribution in [0.25, 0.3) is 55.2 Å². The van der Waals surface area contributed by atoms with Gasteiger partial charge in [0.05, 0.1) is 5.69 Å². The molecule has 12 rings (SSSR count). The highest BCUT2D eigenvalue weighted by Gasteiger charge is 2.36. The van der Waals surface area contributed by atoms with E-state index in [4.69, 9.17) is 0 Å². The summed E-state index contributed by atoms with van der Waals surface area (Å²) < 4.78 is 0. The standard InChI is InChI=1S/C58H42N2/c1-5-17-43-33-47(29-25-39(43)13-1)59(48-30-26-40-14-2-6-18-44(40)34-48)57-37-55-52-22-10-12-24-54(52)58(38-56(55)51-21-9-11-23-53(51)57)60(49-31-27-41-15-3-7-19-45(41)35-49)50-32-28-42-16-4-8-20-46(42)36-50/h1-3,5-15,17-38,52,54H,4,16H2. The topological polar surface area (TPSA) is 6.48 Å². The van der Waals surface area contributed by atoms with Crippen molar-refractivity contribution in [2.45, 2.75) is 18.8 Å². The Bertz CT molecular complexity index is 3230. The number of benzene rings is 9. The van der Waals surface area contributed by atoms with Gasteiger partial charge in [0.15, 0.2) is 0 Å². The van der Waals surface area contributed by atoms with E-state index in [1.165, 1.54) is 88.1 Å². The van der Waals surface area contributed by atoms with Crippen LogP contribution in [-0.2, 0) is 6.42 Å². The summed E-state index contributed by atoms with van der Waals surface area (Å²) in [6.45, 7) is 0. The first-order valence-electron chi connectivity index (χ1n) is 21.2. The first kappa shape index (κ1) is 34.6. The highest BCUT2D eigenvalue weighted by Crippen LogP contribution is 2.52. The number of anilines is 5. The molecule has 0 amide bonds. The van der Waals surface area contributed by atoms with Crippen molar-refractivity contribution >= 4 is 83.7 Å². The lowest BCUT2D eigenvalue weighted by Gasteiger charge is -2.40. The van der Waals surface area contributed by atoms with Gasteiger partial charge in [-0.2, -0.15) is 0 Å². The Morgan fingerprint density at radius 2 is 0.950 bits per heavy atom. The Morgan fingerprint density at radius 1 is 0.433 bits per heavy atom. The summed E-state index contributed by atoms with van der Waals surface area (Å²) in [5.74, 6) is 0.244. The van der Waals surface area contributed by atoms with E-state index in [1.54, 1.807) is 0 Å². The van der Waals surface area contributed by atoms with Crippen LogP contribution in [0.15, 0.2) is 212 Å². The molecule has 2 heteroatoms. The molecular weight excluding hydrogens is 725 g/mol. The molecule has 0 bridgehead atoms. The molecule has 0 N–H and O–H groups in total. The monoisotopic (exact) mass is 766 g/mol. The highest BCUT2D eigenvalue weighted by atomic mass is 15.2. The van der Waals surface area contributed by atoms with Gasteiger partial charge >= 0.3 is 0 Å². The minimum atomic E-state index is 0.115. The second kappa shape index (κ2) is 14.1. The first-order chi connectivity index (χ1) is 29.7. The number of allylic oxidation sites excluding steroid dienone is 5. The Kier molecular flexibility index (Phi) is 8.16. The summed E-state index contributed by atoms with van der Waals surface area (Å²) in [7, 11) is 0. The van der Waals surface area contributed by atoms with E-state index >= 15 is 0 Å². The molecule has 2 unspecified atom stereocenters. The number of fused-ring (bicyclic) bond motifs is 9. The molecule has 0 saturated carbocycles. The van der Waals surface area contributed by atoms with Gasteiger partial charge in [-0.15, -0.1) is 0 Å². The van der Waals surface area contributed by atoms with Crippen molar-refractivity contribution in [1.82, 2.24) is 0 Å². The SMILES string of the molecule is C1=CC2C(N(c3ccc4c(c3)C=CCC4)c3ccc4ccccc4c3)=Cc3c(cc(N(c4ccc5ccccc5c4)c4ccc5ccccc5c4)c4ccccc34)C2C=C1. The minimum absolute atomic E-state index is 0.115. The predicted octanol–water partition coefficient (Wildman–Crippen LogP) is 15.7. The molecule has 0 spiro atoms. The summed E-state index contributed by atoms with van der Waals surface area (Å²) in [6.07, 6.45) is 18.7. The van der Waals surface area contributed by atoms with Crippen LogP contribution in [-0.4, -0.2) is 0 Å². The second-order valence-electron chi connectivity index (χ2n) is 16.4. The maximum Gasteiger partial charge on any atom is 0.0543 e. The van der Waals surface area contributed by atoms with Gasteiger partial charge < -0.3 is 9.80 Å². The number of aryl methyl sites for hydroxylation is 1.